The molecule has 0 aliphatic carbocycles. The number of carbonyl (C=O) groups is 4. The normalized spacial score (nSPS) is 21.4. The van der Waals surface area contributed by atoms with Crippen LogP contribution in [0.3, 0.4) is 0 Å². The molecule has 0 spiro atoms. The van der Waals surface area contributed by atoms with Crippen molar-refractivity contribution in [1.29, 1.82) is 0 Å². The Kier molecular flexibility index (Phi) is 11.1. The molecule has 1 saturated heterocycles. The minimum Gasteiger partial charge on any atom is -0.463 e. The van der Waals surface area contributed by atoms with E-state index in [0.717, 1.165) is 33.2 Å². The van der Waals surface area contributed by atoms with E-state index in [1.165, 1.54) is 27.7 Å². The molecule has 4 rings (SSSR count). The Bertz CT molecular complexity index is 1560. The second-order valence-corrected chi connectivity index (χ2v) is 11.0. The van der Waals surface area contributed by atoms with Crippen molar-refractivity contribution < 1.29 is 48.0 Å². The van der Waals surface area contributed by atoms with Crippen LogP contribution in [0, 0.1) is 6.92 Å². The maximum absolute atomic E-state index is 12.4. The van der Waals surface area contributed by atoms with Crippen LogP contribution in [0.5, 0.6) is 0 Å². The lowest BCUT2D eigenvalue weighted by atomic mass is 9.97. The summed E-state index contributed by atoms with van der Waals surface area (Å²) in [5.74, 6) is -2.62. The fourth-order valence-electron chi connectivity index (χ4n) is 5.67. The number of aromatic nitrogens is 1. The van der Waals surface area contributed by atoms with Gasteiger partial charge >= 0.3 is 23.9 Å². The van der Waals surface area contributed by atoms with Gasteiger partial charge in [0.15, 0.2) is 24.5 Å². The Labute approximate surface area is 261 Å². The number of hydrogen-bond acceptors (Lipinski definition) is 10. The molecule has 0 unspecified atom stereocenters. The van der Waals surface area contributed by atoms with Gasteiger partial charge in [0.05, 0.1) is 12.1 Å². The molecular weight excluding hydrogens is 582 g/mol. The van der Waals surface area contributed by atoms with E-state index < -0.39 is 54.5 Å². The Morgan fingerprint density at radius 3 is 2.07 bits per heavy atom. The third kappa shape index (κ3) is 8.37. The number of fused-ring (bicyclic) bond motifs is 1. The maximum atomic E-state index is 12.4. The number of carbonyl (C=O) groups excluding carboxylic acids is 4. The van der Waals surface area contributed by atoms with Gasteiger partial charge in [0.25, 0.3) is 0 Å². The number of benzene rings is 2. The first kappa shape index (κ1) is 33.4. The van der Waals surface area contributed by atoms with Crippen molar-refractivity contribution in [3.63, 3.8) is 0 Å². The van der Waals surface area contributed by atoms with E-state index in [-0.39, 0.29) is 13.2 Å². The molecule has 45 heavy (non-hydrogen) atoms. The van der Waals surface area contributed by atoms with E-state index in [2.05, 4.69) is 12.1 Å². The highest BCUT2D eigenvalue weighted by Crippen LogP contribution is 2.38. The second kappa shape index (κ2) is 15.0. The highest BCUT2D eigenvalue weighted by Gasteiger charge is 2.53. The summed E-state index contributed by atoms with van der Waals surface area (Å²) in [6, 6.07) is 14.0. The molecular formula is C34H39NO10. The molecule has 0 bridgehead atoms. The summed E-state index contributed by atoms with van der Waals surface area (Å²) in [7, 11) is 0. The van der Waals surface area contributed by atoms with Gasteiger partial charge < -0.3 is 33.4 Å². The molecule has 240 valence electrons. The first-order valence-corrected chi connectivity index (χ1v) is 14.7. The van der Waals surface area contributed by atoms with Gasteiger partial charge in [-0.25, -0.2) is 0 Å². The number of esters is 4. The number of rotatable bonds is 11. The molecule has 0 radical (unpaired) electrons. The molecule has 11 nitrogen and oxygen atoms in total. The molecule has 1 N–H and O–H groups in total. The third-order valence-corrected chi connectivity index (χ3v) is 7.43. The van der Waals surface area contributed by atoms with Crippen LogP contribution in [0.4, 0.5) is 0 Å². The fourth-order valence-corrected chi connectivity index (χ4v) is 5.67. The van der Waals surface area contributed by atoms with Crippen molar-refractivity contribution in [3.05, 3.63) is 83.1 Å². The summed E-state index contributed by atoms with van der Waals surface area (Å²) in [5.41, 5.74) is 4.94. The van der Waals surface area contributed by atoms with Crippen LogP contribution in [0.15, 0.2) is 60.8 Å². The zero-order chi connectivity index (χ0) is 32.7. The Morgan fingerprint density at radius 1 is 0.822 bits per heavy atom. The lowest BCUT2D eigenvalue weighted by Crippen LogP contribution is -2.60. The Morgan fingerprint density at radius 2 is 1.44 bits per heavy atom. The number of aryl methyl sites for hydroxylation is 1. The number of nitrogens with zero attached hydrogens (tertiary/aromatic N) is 1. The van der Waals surface area contributed by atoms with Crippen LogP contribution < -0.4 is 0 Å². The van der Waals surface area contributed by atoms with E-state index in [1.807, 2.05) is 54.1 Å². The van der Waals surface area contributed by atoms with Crippen LogP contribution in [-0.4, -0.2) is 71.2 Å². The molecule has 1 aromatic heterocycles. The van der Waals surface area contributed by atoms with Gasteiger partial charge in [-0.15, -0.1) is 0 Å². The monoisotopic (exact) mass is 621 g/mol. The molecule has 0 saturated carbocycles. The molecule has 11 heteroatoms. The standard InChI is InChI=1S/C34H39NO10/c1-20-9-8-11-28-30(20)27(17-26-14-12-25(13-15-26)10-6-7-16-36)18-35(28)34-33(44-24(5)40)32(43-23(4)39)31(42-22(3)38)29(45-34)19-41-21(2)37/h6-9,11-15,18,29,31-34,36H,10,16-17,19H2,1-5H3/b7-6+/t29-,31-,32+,33-,34-/m1/s1. The van der Waals surface area contributed by atoms with E-state index in [9.17, 15) is 19.2 Å². The predicted molar refractivity (Wildman–Crippen MR) is 163 cm³/mol. The van der Waals surface area contributed by atoms with Crippen molar-refractivity contribution >= 4 is 34.8 Å². The Balaban J connectivity index is 1.81. The number of aliphatic hydroxyl groups is 1. The molecule has 1 aliphatic rings. The number of ether oxygens (including phenoxy) is 5. The summed E-state index contributed by atoms with van der Waals surface area (Å²) in [6.07, 6.45) is 0.984. The molecule has 2 aromatic carbocycles. The average Bonchev–Trinajstić information content (AvgIpc) is 3.33. The number of hydrogen-bond donors (Lipinski definition) is 1. The smallest absolute Gasteiger partial charge is 0.303 e. The zero-order valence-corrected chi connectivity index (χ0v) is 26.1. The summed E-state index contributed by atoms with van der Waals surface area (Å²) in [4.78, 5) is 48.6. The molecule has 5 atom stereocenters. The van der Waals surface area contributed by atoms with Crippen LogP contribution >= 0.6 is 0 Å². The zero-order valence-electron chi connectivity index (χ0n) is 26.1. The molecule has 1 aliphatic heterocycles. The number of aliphatic hydroxyl groups excluding tert-OH is 1. The maximum Gasteiger partial charge on any atom is 0.303 e. The largest absolute Gasteiger partial charge is 0.463 e. The van der Waals surface area contributed by atoms with Crippen molar-refractivity contribution in [1.82, 2.24) is 4.57 Å². The van der Waals surface area contributed by atoms with Crippen LogP contribution in [0.1, 0.15) is 56.2 Å². The molecule has 0 amide bonds. The van der Waals surface area contributed by atoms with Crippen LogP contribution in [-0.2, 0) is 55.7 Å². The van der Waals surface area contributed by atoms with Gasteiger partial charge in [-0.2, -0.15) is 0 Å². The summed E-state index contributed by atoms with van der Waals surface area (Å²) < 4.78 is 30.4. The van der Waals surface area contributed by atoms with E-state index in [4.69, 9.17) is 28.8 Å². The van der Waals surface area contributed by atoms with Crippen molar-refractivity contribution in [2.45, 2.75) is 78.1 Å². The summed E-state index contributed by atoms with van der Waals surface area (Å²) in [5, 5.41) is 9.97. The van der Waals surface area contributed by atoms with Gasteiger partial charge in [0, 0.05) is 39.3 Å². The van der Waals surface area contributed by atoms with Gasteiger partial charge in [0.2, 0.25) is 0 Å². The predicted octanol–water partition coefficient (Wildman–Crippen LogP) is 3.89. The average molecular weight is 622 g/mol. The third-order valence-electron chi connectivity index (χ3n) is 7.43. The minimum absolute atomic E-state index is 0.00104. The quantitative estimate of drug-likeness (QED) is 0.191. The molecule has 3 aromatic rings. The van der Waals surface area contributed by atoms with Crippen molar-refractivity contribution in [2.24, 2.45) is 0 Å². The SMILES string of the molecule is CC(=O)OC[C@H]1O[C@@H](n2cc(Cc3ccc(C/C=C/CO)cc3)c3c(C)cccc32)[C@H](OC(C)=O)[C@@H](OC(C)=O)[C@@H]1OC(C)=O. The van der Waals surface area contributed by atoms with Gasteiger partial charge in [-0.3, -0.25) is 19.2 Å². The highest BCUT2D eigenvalue weighted by molar-refractivity contribution is 5.87. The number of allylic oxidation sites excluding steroid dienone is 1. The van der Waals surface area contributed by atoms with Crippen LogP contribution in [0.25, 0.3) is 10.9 Å². The molecule has 1 fully saturated rings. The fraction of sp³-hybridized carbons (Fsp3) is 0.412. The summed E-state index contributed by atoms with van der Waals surface area (Å²) >= 11 is 0. The second-order valence-electron chi connectivity index (χ2n) is 11.0. The van der Waals surface area contributed by atoms with Gasteiger partial charge in [0.1, 0.15) is 12.7 Å². The van der Waals surface area contributed by atoms with Gasteiger partial charge in [-0.05, 0) is 48.1 Å². The molecule has 2 heterocycles. The lowest BCUT2D eigenvalue weighted by molar-refractivity contribution is -0.267. The first-order valence-electron chi connectivity index (χ1n) is 14.7. The Hall–Kier alpha value is -4.48. The van der Waals surface area contributed by atoms with E-state index in [0.29, 0.717) is 12.8 Å². The summed E-state index contributed by atoms with van der Waals surface area (Å²) in [6.45, 7) is 6.54. The lowest BCUT2D eigenvalue weighted by Gasteiger charge is -2.44. The topological polar surface area (TPSA) is 140 Å². The van der Waals surface area contributed by atoms with Crippen molar-refractivity contribution in [2.75, 3.05) is 13.2 Å². The van der Waals surface area contributed by atoms with Crippen LogP contribution in [0.2, 0.25) is 0 Å². The first-order chi connectivity index (χ1) is 21.5. The van der Waals surface area contributed by atoms with Gasteiger partial charge in [-0.1, -0.05) is 48.6 Å². The van der Waals surface area contributed by atoms with Crippen molar-refractivity contribution in [3.8, 4) is 0 Å². The highest BCUT2D eigenvalue weighted by atomic mass is 16.7. The van der Waals surface area contributed by atoms with E-state index in [1.54, 1.807) is 6.08 Å². The van der Waals surface area contributed by atoms with E-state index >= 15 is 0 Å². The minimum atomic E-state index is -1.27.